The summed E-state index contributed by atoms with van der Waals surface area (Å²) in [6.45, 7) is 2.85. The summed E-state index contributed by atoms with van der Waals surface area (Å²) in [7, 11) is 0. The van der Waals surface area contributed by atoms with Crippen molar-refractivity contribution in [3.8, 4) is 0 Å². The number of alkyl halides is 3. The number of hydrogen-bond acceptors (Lipinski definition) is 3. The molecule has 1 N–H and O–H groups in total. The van der Waals surface area contributed by atoms with Crippen molar-refractivity contribution in [2.75, 3.05) is 18.0 Å². The van der Waals surface area contributed by atoms with Crippen LogP contribution in [-0.4, -0.2) is 29.1 Å². The smallest absolute Gasteiger partial charge is 0.418 e. The number of aromatic nitrogens is 1. The van der Waals surface area contributed by atoms with Crippen molar-refractivity contribution in [3.63, 3.8) is 0 Å². The zero-order valence-corrected chi connectivity index (χ0v) is 13.0. The van der Waals surface area contributed by atoms with Gasteiger partial charge in [0.05, 0.1) is 17.0 Å². The Labute approximate surface area is 136 Å². The van der Waals surface area contributed by atoms with E-state index in [4.69, 9.17) is 0 Å². The first-order valence-corrected chi connectivity index (χ1v) is 7.70. The average Bonchev–Trinajstić information content (AvgIpc) is 2.52. The third kappa shape index (κ3) is 3.02. The SMILES string of the molecule is C[C@H]1C[C@H](C(=O)O)CN(c2ccc(C(F)(F)F)c3ncccc23)C1. The van der Waals surface area contributed by atoms with Gasteiger partial charge in [0.25, 0.3) is 0 Å². The molecule has 2 heterocycles. The molecule has 1 aliphatic rings. The number of piperidine rings is 1. The van der Waals surface area contributed by atoms with Gasteiger partial charge in [-0.05, 0) is 36.6 Å². The molecule has 1 aromatic heterocycles. The van der Waals surface area contributed by atoms with E-state index in [1.165, 1.54) is 12.3 Å². The number of fused-ring (bicyclic) bond motifs is 1. The number of aliphatic carboxylic acids is 1. The predicted molar refractivity (Wildman–Crippen MR) is 83.9 cm³/mol. The molecule has 0 aliphatic carbocycles. The molecule has 0 unspecified atom stereocenters. The Morgan fingerprint density at radius 3 is 2.71 bits per heavy atom. The van der Waals surface area contributed by atoms with Crippen LogP contribution in [0.15, 0.2) is 30.5 Å². The molecule has 0 spiro atoms. The molecule has 2 atom stereocenters. The van der Waals surface area contributed by atoms with Gasteiger partial charge in [-0.2, -0.15) is 13.2 Å². The van der Waals surface area contributed by atoms with Gasteiger partial charge < -0.3 is 10.0 Å². The third-order valence-electron chi connectivity index (χ3n) is 4.40. The van der Waals surface area contributed by atoms with Crippen molar-refractivity contribution >= 4 is 22.6 Å². The van der Waals surface area contributed by atoms with Crippen LogP contribution in [0.4, 0.5) is 18.9 Å². The summed E-state index contributed by atoms with van der Waals surface area (Å²) in [6, 6.07) is 5.64. The Bertz CT molecular complexity index is 776. The average molecular weight is 338 g/mol. The fourth-order valence-electron chi connectivity index (χ4n) is 3.39. The van der Waals surface area contributed by atoms with E-state index in [0.29, 0.717) is 24.0 Å². The first-order valence-electron chi connectivity index (χ1n) is 7.70. The van der Waals surface area contributed by atoms with Crippen LogP contribution in [0.3, 0.4) is 0 Å². The summed E-state index contributed by atoms with van der Waals surface area (Å²) >= 11 is 0. The molecule has 1 aliphatic heterocycles. The van der Waals surface area contributed by atoms with Crippen molar-refractivity contribution in [2.45, 2.75) is 19.5 Å². The lowest BCUT2D eigenvalue weighted by atomic mass is 9.89. The third-order valence-corrected chi connectivity index (χ3v) is 4.40. The lowest BCUT2D eigenvalue weighted by Gasteiger charge is -2.37. The molecule has 3 rings (SSSR count). The highest BCUT2D eigenvalue weighted by Crippen LogP contribution is 2.38. The quantitative estimate of drug-likeness (QED) is 0.905. The Hall–Kier alpha value is -2.31. The van der Waals surface area contributed by atoms with E-state index in [9.17, 15) is 23.1 Å². The molecule has 4 nitrogen and oxygen atoms in total. The highest BCUT2D eigenvalue weighted by atomic mass is 19.4. The van der Waals surface area contributed by atoms with Gasteiger partial charge in [-0.15, -0.1) is 0 Å². The Balaban J connectivity index is 2.09. The van der Waals surface area contributed by atoms with E-state index in [-0.39, 0.29) is 18.0 Å². The lowest BCUT2D eigenvalue weighted by Crippen LogP contribution is -2.42. The molecule has 0 amide bonds. The molecule has 0 saturated carbocycles. The summed E-state index contributed by atoms with van der Waals surface area (Å²) < 4.78 is 39.6. The summed E-state index contributed by atoms with van der Waals surface area (Å²) in [6.07, 6.45) is -2.58. The first kappa shape index (κ1) is 16.5. The van der Waals surface area contributed by atoms with Gasteiger partial charge in [-0.25, -0.2) is 0 Å². The molecule has 1 saturated heterocycles. The van der Waals surface area contributed by atoms with Gasteiger partial charge in [0, 0.05) is 30.4 Å². The standard InChI is InChI=1S/C17H17F3N2O2/c1-10-7-11(16(23)24)9-22(8-10)14-5-4-13(17(18,19)20)15-12(14)3-2-6-21-15/h2-6,10-11H,7-9H2,1H3,(H,23,24)/t10-,11-/m0/s1. The summed E-state index contributed by atoms with van der Waals surface area (Å²) in [5.74, 6) is -1.25. The normalized spacial score (nSPS) is 21.9. The van der Waals surface area contributed by atoms with E-state index >= 15 is 0 Å². The molecule has 2 aromatic rings. The van der Waals surface area contributed by atoms with Gasteiger partial charge in [-0.1, -0.05) is 6.92 Å². The topological polar surface area (TPSA) is 53.4 Å². The van der Waals surface area contributed by atoms with Gasteiger partial charge in [0.2, 0.25) is 0 Å². The second-order valence-electron chi connectivity index (χ2n) is 6.31. The lowest BCUT2D eigenvalue weighted by molar-refractivity contribution is -0.142. The zero-order valence-electron chi connectivity index (χ0n) is 13.0. The van der Waals surface area contributed by atoms with E-state index in [0.717, 1.165) is 6.07 Å². The van der Waals surface area contributed by atoms with Crippen molar-refractivity contribution in [1.82, 2.24) is 4.98 Å². The largest absolute Gasteiger partial charge is 0.481 e. The van der Waals surface area contributed by atoms with Gasteiger partial charge in [0.15, 0.2) is 0 Å². The molecule has 1 fully saturated rings. The van der Waals surface area contributed by atoms with Gasteiger partial charge in [0.1, 0.15) is 0 Å². The van der Waals surface area contributed by atoms with Crippen molar-refractivity contribution < 1.29 is 23.1 Å². The first-order chi connectivity index (χ1) is 11.3. The van der Waals surface area contributed by atoms with E-state index in [1.54, 1.807) is 12.1 Å². The maximum Gasteiger partial charge on any atom is 0.418 e. The van der Waals surface area contributed by atoms with E-state index < -0.39 is 23.6 Å². The number of halogens is 3. The number of rotatable bonds is 2. The number of carboxylic acid groups (broad SMARTS) is 1. The minimum absolute atomic E-state index is 0.104. The summed E-state index contributed by atoms with van der Waals surface area (Å²) in [4.78, 5) is 17.1. The van der Waals surface area contributed by atoms with Crippen LogP contribution in [0.2, 0.25) is 0 Å². The predicted octanol–water partition coefficient (Wildman–Crippen LogP) is 3.80. The molecular weight excluding hydrogens is 321 g/mol. The Kier molecular flexibility index (Phi) is 4.11. The molecule has 0 bridgehead atoms. The zero-order chi connectivity index (χ0) is 17.5. The minimum atomic E-state index is -4.48. The van der Waals surface area contributed by atoms with Crippen LogP contribution in [-0.2, 0) is 11.0 Å². The monoisotopic (exact) mass is 338 g/mol. The number of hydrogen-bond donors (Lipinski definition) is 1. The van der Waals surface area contributed by atoms with Crippen LogP contribution in [0.25, 0.3) is 10.9 Å². The van der Waals surface area contributed by atoms with Gasteiger partial charge in [-0.3, -0.25) is 9.78 Å². The number of carbonyl (C=O) groups is 1. The fourth-order valence-corrected chi connectivity index (χ4v) is 3.39. The maximum atomic E-state index is 13.2. The van der Waals surface area contributed by atoms with E-state index in [2.05, 4.69) is 4.98 Å². The van der Waals surface area contributed by atoms with Gasteiger partial charge >= 0.3 is 12.1 Å². The number of carboxylic acids is 1. The molecule has 7 heteroatoms. The second-order valence-corrected chi connectivity index (χ2v) is 6.31. The van der Waals surface area contributed by atoms with Crippen LogP contribution in [0.1, 0.15) is 18.9 Å². The maximum absolute atomic E-state index is 13.2. The van der Waals surface area contributed by atoms with Crippen molar-refractivity contribution in [2.24, 2.45) is 11.8 Å². The highest BCUT2D eigenvalue weighted by molar-refractivity contribution is 5.94. The molecule has 1 aromatic carbocycles. The molecule has 24 heavy (non-hydrogen) atoms. The van der Waals surface area contributed by atoms with Crippen LogP contribution >= 0.6 is 0 Å². The van der Waals surface area contributed by atoms with Crippen LogP contribution in [0.5, 0.6) is 0 Å². The van der Waals surface area contributed by atoms with E-state index in [1.807, 2.05) is 11.8 Å². The Morgan fingerprint density at radius 1 is 1.29 bits per heavy atom. The van der Waals surface area contributed by atoms with Crippen molar-refractivity contribution in [1.29, 1.82) is 0 Å². The fraction of sp³-hybridized carbons (Fsp3) is 0.412. The second kappa shape index (κ2) is 5.96. The summed E-state index contributed by atoms with van der Waals surface area (Å²) in [5, 5.41) is 9.69. The highest BCUT2D eigenvalue weighted by Gasteiger charge is 2.35. The van der Waals surface area contributed by atoms with Crippen LogP contribution in [0, 0.1) is 11.8 Å². The summed E-state index contributed by atoms with van der Waals surface area (Å²) in [5.41, 5.74) is -0.279. The minimum Gasteiger partial charge on any atom is -0.481 e. The molecular formula is C17H17F3N2O2. The van der Waals surface area contributed by atoms with Crippen molar-refractivity contribution in [3.05, 3.63) is 36.0 Å². The number of nitrogens with zero attached hydrogens (tertiary/aromatic N) is 2. The Morgan fingerprint density at radius 2 is 2.04 bits per heavy atom. The number of benzene rings is 1. The molecule has 128 valence electrons. The number of pyridine rings is 1. The number of anilines is 1. The molecule has 0 radical (unpaired) electrons. The van der Waals surface area contributed by atoms with Crippen LogP contribution < -0.4 is 4.90 Å².